The molecule has 0 aliphatic carbocycles. The fourth-order valence-corrected chi connectivity index (χ4v) is 2.35. The summed E-state index contributed by atoms with van der Waals surface area (Å²) in [6.07, 6.45) is 0. The van der Waals surface area contributed by atoms with Crippen molar-refractivity contribution in [2.24, 2.45) is 0 Å². The van der Waals surface area contributed by atoms with E-state index in [0.29, 0.717) is 6.07 Å². The van der Waals surface area contributed by atoms with Crippen LogP contribution in [0.4, 0.5) is 8.78 Å². The van der Waals surface area contributed by atoms with Gasteiger partial charge in [-0.05, 0) is 18.6 Å². The first kappa shape index (κ1) is 14.0. The van der Waals surface area contributed by atoms with Gasteiger partial charge in [-0.3, -0.25) is 0 Å². The van der Waals surface area contributed by atoms with Crippen LogP contribution in [-0.4, -0.2) is 28.7 Å². The maximum absolute atomic E-state index is 13.3. The second-order valence-corrected chi connectivity index (χ2v) is 5.16. The Hall–Kier alpha value is -1.05. The number of methoxy groups -OCH3 is 1. The molecule has 0 spiro atoms. The summed E-state index contributed by atoms with van der Waals surface area (Å²) in [4.78, 5) is -0.562. The monoisotopic (exact) mass is 265 g/mol. The summed E-state index contributed by atoms with van der Waals surface area (Å²) in [5.41, 5.74) is 0.0681. The molecule has 0 saturated heterocycles. The molecule has 1 aromatic carbocycles. The van der Waals surface area contributed by atoms with E-state index in [4.69, 9.17) is 0 Å². The molecule has 0 amide bonds. The first-order valence-corrected chi connectivity index (χ1v) is 6.31. The zero-order valence-corrected chi connectivity index (χ0v) is 10.3. The topological polar surface area (TPSA) is 55.4 Å². The highest BCUT2D eigenvalue weighted by molar-refractivity contribution is 7.89. The zero-order valence-electron chi connectivity index (χ0n) is 9.46. The Labute approximate surface area is 98.6 Å². The molecule has 7 heteroatoms. The molecule has 0 fully saturated rings. The van der Waals surface area contributed by atoms with Crippen LogP contribution in [0.3, 0.4) is 0 Å². The first-order valence-electron chi connectivity index (χ1n) is 4.82. The smallest absolute Gasteiger partial charge is 0.243 e. The van der Waals surface area contributed by atoms with Crippen LogP contribution in [0.2, 0.25) is 0 Å². The van der Waals surface area contributed by atoms with E-state index in [-0.39, 0.29) is 18.7 Å². The maximum Gasteiger partial charge on any atom is 0.243 e. The molecule has 0 saturated carbocycles. The van der Waals surface area contributed by atoms with Crippen LogP contribution in [0.1, 0.15) is 5.56 Å². The number of rotatable bonds is 5. The van der Waals surface area contributed by atoms with E-state index in [0.717, 1.165) is 6.07 Å². The van der Waals surface area contributed by atoms with Crippen molar-refractivity contribution in [3.05, 3.63) is 29.3 Å². The van der Waals surface area contributed by atoms with Gasteiger partial charge >= 0.3 is 0 Å². The van der Waals surface area contributed by atoms with E-state index in [1.807, 2.05) is 0 Å². The molecule has 0 aromatic heterocycles. The first-order chi connectivity index (χ1) is 7.88. The number of halogens is 2. The summed E-state index contributed by atoms with van der Waals surface area (Å²) in [5.74, 6) is -1.89. The Morgan fingerprint density at radius 2 is 1.94 bits per heavy atom. The second-order valence-electron chi connectivity index (χ2n) is 3.42. The Bertz CT molecular complexity index is 503. The number of hydrogen-bond acceptors (Lipinski definition) is 3. The molecule has 0 radical (unpaired) electrons. The minimum atomic E-state index is -3.97. The lowest BCUT2D eigenvalue weighted by molar-refractivity contribution is 0.204. The summed E-state index contributed by atoms with van der Waals surface area (Å²) >= 11 is 0. The van der Waals surface area contributed by atoms with Gasteiger partial charge in [0.1, 0.15) is 16.5 Å². The Morgan fingerprint density at radius 1 is 1.29 bits per heavy atom. The number of hydrogen-bond donors (Lipinski definition) is 1. The molecule has 0 heterocycles. The van der Waals surface area contributed by atoms with Crippen molar-refractivity contribution in [1.82, 2.24) is 4.72 Å². The Kier molecular flexibility index (Phi) is 4.55. The maximum atomic E-state index is 13.3. The number of ether oxygens (including phenoxy) is 1. The predicted molar refractivity (Wildman–Crippen MR) is 58.2 cm³/mol. The molecular weight excluding hydrogens is 252 g/mol. The normalized spacial score (nSPS) is 11.8. The molecule has 1 N–H and O–H groups in total. The van der Waals surface area contributed by atoms with Crippen molar-refractivity contribution in [2.45, 2.75) is 11.8 Å². The quantitative estimate of drug-likeness (QED) is 0.814. The van der Waals surface area contributed by atoms with E-state index in [1.54, 1.807) is 0 Å². The molecule has 0 bridgehead atoms. The van der Waals surface area contributed by atoms with Crippen LogP contribution < -0.4 is 4.72 Å². The lowest BCUT2D eigenvalue weighted by Gasteiger charge is -2.08. The summed E-state index contributed by atoms with van der Waals surface area (Å²) in [6, 6.07) is 1.51. The minimum absolute atomic E-state index is 0.0225. The van der Waals surface area contributed by atoms with Crippen LogP contribution >= 0.6 is 0 Å². The average molecular weight is 265 g/mol. The predicted octanol–water partition coefficient (Wildman–Crippen LogP) is 1.20. The lowest BCUT2D eigenvalue weighted by Crippen LogP contribution is -2.28. The van der Waals surface area contributed by atoms with Gasteiger partial charge in [0, 0.05) is 19.7 Å². The van der Waals surface area contributed by atoms with Gasteiger partial charge in [0.05, 0.1) is 6.61 Å². The third-order valence-corrected chi connectivity index (χ3v) is 3.58. The highest BCUT2D eigenvalue weighted by Gasteiger charge is 2.20. The van der Waals surface area contributed by atoms with Crippen LogP contribution in [0.25, 0.3) is 0 Å². The SMILES string of the molecule is COCCNS(=O)(=O)c1cc(C)c(F)cc1F. The molecular formula is C10H13F2NO3S. The molecule has 1 aromatic rings. The van der Waals surface area contributed by atoms with Crippen LogP contribution in [0, 0.1) is 18.6 Å². The van der Waals surface area contributed by atoms with E-state index in [2.05, 4.69) is 9.46 Å². The van der Waals surface area contributed by atoms with Crippen molar-refractivity contribution in [3.8, 4) is 0 Å². The molecule has 4 nitrogen and oxygen atoms in total. The number of aryl methyl sites for hydroxylation is 1. The van der Waals surface area contributed by atoms with Gasteiger partial charge in [-0.1, -0.05) is 0 Å². The molecule has 17 heavy (non-hydrogen) atoms. The molecule has 1 rings (SSSR count). The number of sulfonamides is 1. The third kappa shape index (κ3) is 3.45. The van der Waals surface area contributed by atoms with E-state index >= 15 is 0 Å². The average Bonchev–Trinajstić information content (AvgIpc) is 2.23. The zero-order chi connectivity index (χ0) is 13.1. The summed E-state index contributed by atoms with van der Waals surface area (Å²) < 4.78 is 56.5. The van der Waals surface area contributed by atoms with Crippen molar-refractivity contribution in [2.75, 3.05) is 20.3 Å². The molecule has 0 unspecified atom stereocenters. The van der Waals surface area contributed by atoms with Gasteiger partial charge in [0.15, 0.2) is 0 Å². The van der Waals surface area contributed by atoms with Gasteiger partial charge in [0.25, 0.3) is 0 Å². The molecule has 0 aliphatic heterocycles. The fourth-order valence-electron chi connectivity index (χ4n) is 1.19. The summed E-state index contributed by atoms with van der Waals surface area (Å²) in [7, 11) is -2.56. The molecule has 0 atom stereocenters. The van der Waals surface area contributed by atoms with Gasteiger partial charge in [-0.2, -0.15) is 0 Å². The van der Waals surface area contributed by atoms with Crippen LogP contribution in [0.15, 0.2) is 17.0 Å². The standard InChI is InChI=1S/C10H13F2NO3S/c1-7-5-10(9(12)6-8(7)11)17(14,15)13-3-4-16-2/h5-6,13H,3-4H2,1-2H3. The van der Waals surface area contributed by atoms with Gasteiger partial charge in [-0.25, -0.2) is 21.9 Å². The molecule has 0 aliphatic rings. The Balaban J connectivity index is 3.03. The summed E-state index contributed by atoms with van der Waals surface area (Å²) in [5, 5.41) is 0. The van der Waals surface area contributed by atoms with E-state index in [9.17, 15) is 17.2 Å². The highest BCUT2D eigenvalue weighted by atomic mass is 32.2. The number of benzene rings is 1. The largest absolute Gasteiger partial charge is 0.383 e. The van der Waals surface area contributed by atoms with Crippen molar-refractivity contribution in [3.63, 3.8) is 0 Å². The second kappa shape index (κ2) is 5.52. The van der Waals surface area contributed by atoms with Gasteiger partial charge in [0.2, 0.25) is 10.0 Å². The van der Waals surface area contributed by atoms with Crippen LogP contribution in [0.5, 0.6) is 0 Å². The van der Waals surface area contributed by atoms with Gasteiger partial charge in [-0.15, -0.1) is 0 Å². The fraction of sp³-hybridized carbons (Fsp3) is 0.400. The van der Waals surface area contributed by atoms with Crippen LogP contribution in [-0.2, 0) is 14.8 Å². The van der Waals surface area contributed by atoms with Crippen molar-refractivity contribution in [1.29, 1.82) is 0 Å². The van der Waals surface area contributed by atoms with Gasteiger partial charge < -0.3 is 4.74 Å². The minimum Gasteiger partial charge on any atom is -0.383 e. The van der Waals surface area contributed by atoms with Crippen molar-refractivity contribution >= 4 is 10.0 Å². The molecule has 96 valence electrons. The van der Waals surface area contributed by atoms with E-state index < -0.39 is 26.6 Å². The van der Waals surface area contributed by atoms with E-state index in [1.165, 1.54) is 14.0 Å². The lowest BCUT2D eigenvalue weighted by atomic mass is 10.2. The van der Waals surface area contributed by atoms with Crippen molar-refractivity contribution < 1.29 is 21.9 Å². The Morgan fingerprint density at radius 3 is 2.53 bits per heavy atom. The summed E-state index contributed by atoms with van der Waals surface area (Å²) in [6.45, 7) is 1.55. The third-order valence-electron chi connectivity index (χ3n) is 2.10. The number of nitrogens with one attached hydrogen (secondary N) is 1. The highest BCUT2D eigenvalue weighted by Crippen LogP contribution is 2.18.